The number of hydrogen-bond donors (Lipinski definition) is 1. The first-order valence-corrected chi connectivity index (χ1v) is 9.66. The lowest BCUT2D eigenvalue weighted by Crippen LogP contribution is -2.53. The van der Waals surface area contributed by atoms with Crippen LogP contribution in [0.5, 0.6) is 5.75 Å². The first-order valence-electron chi connectivity index (χ1n) is 8.87. The Labute approximate surface area is 154 Å². The molecular formula is C19H22BrF2NO2. The number of carbonyl (C=O) groups is 1. The van der Waals surface area contributed by atoms with Gasteiger partial charge in [0.2, 0.25) is 5.91 Å². The minimum absolute atomic E-state index is 0.0144. The Morgan fingerprint density at radius 2 is 1.84 bits per heavy atom. The molecule has 1 aromatic carbocycles. The predicted molar refractivity (Wildman–Crippen MR) is 95.1 cm³/mol. The second-order valence-electron chi connectivity index (χ2n) is 8.24. The van der Waals surface area contributed by atoms with Gasteiger partial charge in [0.15, 0.2) is 0 Å². The molecule has 1 aromatic rings. The lowest BCUT2D eigenvalue weighted by molar-refractivity contribution is -0.123. The van der Waals surface area contributed by atoms with Crippen LogP contribution in [0.2, 0.25) is 0 Å². The summed E-state index contributed by atoms with van der Waals surface area (Å²) in [6.07, 6.45) is 7.76. The average Bonchev–Trinajstić information content (AvgIpc) is 2.45. The molecule has 0 aliphatic heterocycles. The van der Waals surface area contributed by atoms with Crippen LogP contribution >= 0.6 is 15.9 Å². The van der Waals surface area contributed by atoms with E-state index < -0.39 is 6.61 Å². The van der Waals surface area contributed by atoms with Gasteiger partial charge in [-0.15, -0.1) is 0 Å². The molecule has 0 spiro atoms. The van der Waals surface area contributed by atoms with Gasteiger partial charge in [0.1, 0.15) is 5.75 Å². The van der Waals surface area contributed by atoms with Crippen molar-refractivity contribution in [2.24, 2.45) is 17.3 Å². The molecule has 2 atom stereocenters. The zero-order valence-electron chi connectivity index (χ0n) is 13.9. The van der Waals surface area contributed by atoms with Crippen molar-refractivity contribution in [2.75, 3.05) is 5.32 Å². The summed E-state index contributed by atoms with van der Waals surface area (Å²) >= 11 is 3.97. The number of nitrogens with one attached hydrogen (secondary N) is 1. The van der Waals surface area contributed by atoms with Crippen LogP contribution in [0.25, 0.3) is 0 Å². The highest BCUT2D eigenvalue weighted by Crippen LogP contribution is 2.65. The molecule has 1 amide bonds. The average molecular weight is 414 g/mol. The molecule has 136 valence electrons. The number of benzene rings is 1. The Balaban J connectivity index is 1.39. The summed E-state index contributed by atoms with van der Waals surface area (Å²) in [5.74, 6) is 1.61. The highest BCUT2D eigenvalue weighted by atomic mass is 79.9. The molecular weight excluding hydrogens is 392 g/mol. The number of carbonyl (C=O) groups excluding carboxylic acids is 1. The zero-order chi connectivity index (χ0) is 17.7. The highest BCUT2D eigenvalue weighted by molar-refractivity contribution is 9.10. The van der Waals surface area contributed by atoms with Gasteiger partial charge in [-0.25, -0.2) is 0 Å². The third-order valence-corrected chi connectivity index (χ3v) is 6.94. The van der Waals surface area contributed by atoms with Crippen LogP contribution in [0.1, 0.15) is 44.9 Å². The van der Waals surface area contributed by atoms with Crippen molar-refractivity contribution in [3.63, 3.8) is 0 Å². The molecule has 3 nitrogen and oxygen atoms in total. The van der Waals surface area contributed by atoms with E-state index >= 15 is 0 Å². The van der Waals surface area contributed by atoms with E-state index in [9.17, 15) is 13.6 Å². The van der Waals surface area contributed by atoms with Gasteiger partial charge in [-0.3, -0.25) is 4.79 Å². The second-order valence-corrected chi connectivity index (χ2v) is 9.92. The van der Waals surface area contributed by atoms with Crippen molar-refractivity contribution in [2.45, 2.75) is 55.9 Å². The topological polar surface area (TPSA) is 38.3 Å². The van der Waals surface area contributed by atoms with Crippen molar-refractivity contribution in [3.8, 4) is 5.75 Å². The number of rotatable bonds is 5. The summed E-state index contributed by atoms with van der Waals surface area (Å²) in [7, 11) is 0. The predicted octanol–water partition coefficient (Wildman–Crippen LogP) is 5.35. The highest BCUT2D eigenvalue weighted by Gasteiger charge is 2.57. The third kappa shape index (κ3) is 3.69. The lowest BCUT2D eigenvalue weighted by atomic mass is 9.48. The van der Waals surface area contributed by atoms with E-state index in [1.54, 1.807) is 12.1 Å². The van der Waals surface area contributed by atoms with Gasteiger partial charge in [0.05, 0.1) is 0 Å². The molecule has 4 aliphatic rings. The van der Waals surface area contributed by atoms with Gasteiger partial charge in [-0.2, -0.15) is 8.78 Å². The number of anilines is 1. The summed E-state index contributed by atoms with van der Waals surface area (Å²) in [5.41, 5.74) is 0.737. The van der Waals surface area contributed by atoms with Gasteiger partial charge in [0, 0.05) is 16.4 Å². The summed E-state index contributed by atoms with van der Waals surface area (Å²) in [6.45, 7) is -2.84. The first-order chi connectivity index (χ1) is 11.8. The van der Waals surface area contributed by atoms with E-state index in [0.29, 0.717) is 12.1 Å². The minimum atomic E-state index is -2.84. The van der Waals surface area contributed by atoms with Crippen LogP contribution in [0.3, 0.4) is 0 Å². The molecule has 4 saturated carbocycles. The van der Waals surface area contributed by atoms with Crippen LogP contribution in [-0.4, -0.2) is 16.8 Å². The maximum Gasteiger partial charge on any atom is 0.387 e. The molecule has 2 unspecified atom stereocenters. The fourth-order valence-electron chi connectivity index (χ4n) is 5.81. The fraction of sp³-hybridized carbons (Fsp3) is 0.632. The third-order valence-electron chi connectivity index (χ3n) is 6.01. The molecule has 0 heterocycles. The van der Waals surface area contributed by atoms with Crippen LogP contribution < -0.4 is 10.1 Å². The summed E-state index contributed by atoms with van der Waals surface area (Å²) in [5, 5.41) is 2.91. The maximum absolute atomic E-state index is 12.6. The van der Waals surface area contributed by atoms with Gasteiger partial charge < -0.3 is 10.1 Å². The maximum atomic E-state index is 12.6. The van der Waals surface area contributed by atoms with Crippen LogP contribution in [0.15, 0.2) is 24.3 Å². The van der Waals surface area contributed by atoms with E-state index in [2.05, 4.69) is 26.0 Å². The van der Waals surface area contributed by atoms with Crippen LogP contribution in [0.4, 0.5) is 14.5 Å². The van der Waals surface area contributed by atoms with Gasteiger partial charge >= 0.3 is 6.61 Å². The Hall–Kier alpha value is -1.17. The SMILES string of the molecule is O=C(CC12CC3CC(CC(Br)(C3)C1)C2)Nc1ccc(OC(F)F)cc1. The molecule has 4 aliphatic carbocycles. The number of alkyl halides is 3. The number of halogens is 3. The normalized spacial score (nSPS) is 35.8. The molecule has 5 rings (SSSR count). The van der Waals surface area contributed by atoms with E-state index in [-0.39, 0.29) is 21.4 Å². The quantitative estimate of drug-likeness (QED) is 0.660. The monoisotopic (exact) mass is 413 g/mol. The number of hydrogen-bond acceptors (Lipinski definition) is 2. The van der Waals surface area contributed by atoms with E-state index in [1.807, 2.05) is 0 Å². The van der Waals surface area contributed by atoms with Crippen LogP contribution in [0, 0.1) is 17.3 Å². The lowest BCUT2D eigenvalue weighted by Gasteiger charge is -2.60. The second kappa shape index (κ2) is 6.22. The molecule has 0 aromatic heterocycles. The standard InChI is InChI=1S/C19H22BrF2NO2/c20-19-8-12-5-13(9-19)7-18(6-12,11-19)10-16(24)23-14-1-3-15(4-2-14)25-17(21)22/h1-4,12-13,17H,5-11H2,(H,23,24). The largest absolute Gasteiger partial charge is 0.435 e. The van der Waals surface area contributed by atoms with Gasteiger partial charge in [-0.1, -0.05) is 15.9 Å². The van der Waals surface area contributed by atoms with Crippen molar-refractivity contribution < 1.29 is 18.3 Å². The van der Waals surface area contributed by atoms with Crippen molar-refractivity contribution >= 4 is 27.5 Å². The smallest absolute Gasteiger partial charge is 0.387 e. The molecule has 4 fully saturated rings. The van der Waals surface area contributed by atoms with Crippen molar-refractivity contribution in [1.29, 1.82) is 0 Å². The molecule has 0 radical (unpaired) electrons. The molecule has 0 saturated heterocycles. The zero-order valence-corrected chi connectivity index (χ0v) is 15.5. The van der Waals surface area contributed by atoms with Gasteiger partial charge in [0.25, 0.3) is 0 Å². The van der Waals surface area contributed by atoms with Crippen LogP contribution in [-0.2, 0) is 4.79 Å². The molecule has 1 N–H and O–H groups in total. The number of ether oxygens (including phenoxy) is 1. The Bertz CT molecular complexity index is 650. The van der Waals surface area contributed by atoms with Crippen molar-refractivity contribution in [1.82, 2.24) is 0 Å². The Morgan fingerprint density at radius 3 is 2.40 bits per heavy atom. The number of amides is 1. The molecule has 4 bridgehead atoms. The Kier molecular flexibility index (Phi) is 4.29. The summed E-state index contributed by atoms with van der Waals surface area (Å²) in [6, 6.07) is 6.09. The van der Waals surface area contributed by atoms with E-state index in [1.165, 1.54) is 31.4 Å². The van der Waals surface area contributed by atoms with Crippen molar-refractivity contribution in [3.05, 3.63) is 24.3 Å². The minimum Gasteiger partial charge on any atom is -0.435 e. The summed E-state index contributed by atoms with van der Waals surface area (Å²) < 4.78 is 28.9. The molecule has 6 heteroatoms. The van der Waals surface area contributed by atoms with Gasteiger partial charge in [-0.05, 0) is 80.0 Å². The Morgan fingerprint density at radius 1 is 1.20 bits per heavy atom. The fourth-order valence-corrected chi connectivity index (χ4v) is 7.32. The summed E-state index contributed by atoms with van der Waals surface area (Å²) in [4.78, 5) is 12.6. The van der Waals surface area contributed by atoms with E-state index in [4.69, 9.17) is 0 Å². The van der Waals surface area contributed by atoms with E-state index in [0.717, 1.165) is 31.1 Å². The molecule has 25 heavy (non-hydrogen) atoms. The first kappa shape index (κ1) is 17.3.